The zero-order valence-electron chi connectivity index (χ0n) is 10.0. The van der Waals surface area contributed by atoms with Gasteiger partial charge in [-0.3, -0.25) is 4.79 Å². The molecule has 0 aromatic heterocycles. The highest BCUT2D eigenvalue weighted by Crippen LogP contribution is 2.31. The van der Waals surface area contributed by atoms with Gasteiger partial charge in [0.25, 0.3) is 0 Å². The fourth-order valence-corrected chi connectivity index (χ4v) is 1.83. The van der Waals surface area contributed by atoms with Crippen LogP contribution in [0.3, 0.4) is 0 Å². The van der Waals surface area contributed by atoms with Crippen molar-refractivity contribution in [3.8, 4) is 17.2 Å². The van der Waals surface area contributed by atoms with E-state index in [9.17, 15) is 4.79 Å². The summed E-state index contributed by atoms with van der Waals surface area (Å²) in [5, 5.41) is 0.862. The van der Waals surface area contributed by atoms with Crippen molar-refractivity contribution < 1.29 is 14.3 Å². The average Bonchev–Trinajstić information content (AvgIpc) is 2.43. The molecule has 0 unspecified atom stereocenters. The van der Waals surface area contributed by atoms with Crippen LogP contribution in [0.1, 0.15) is 10.4 Å². The Bertz CT molecular complexity index is 612. The van der Waals surface area contributed by atoms with Crippen molar-refractivity contribution in [3.05, 3.63) is 52.0 Å². The fourth-order valence-electron chi connectivity index (χ4n) is 1.54. The number of methoxy groups -OCH3 is 1. The van der Waals surface area contributed by atoms with E-state index in [4.69, 9.17) is 32.7 Å². The number of carbonyl (C=O) groups excluding carboxylic acids is 1. The second kappa shape index (κ2) is 5.95. The largest absolute Gasteiger partial charge is 0.496 e. The summed E-state index contributed by atoms with van der Waals surface area (Å²) in [6.07, 6.45) is 0.709. The van der Waals surface area contributed by atoms with Crippen molar-refractivity contribution in [2.45, 2.75) is 0 Å². The van der Waals surface area contributed by atoms with Gasteiger partial charge in [0.15, 0.2) is 6.29 Å². The second-order valence-electron chi connectivity index (χ2n) is 3.70. The molecule has 0 heterocycles. The van der Waals surface area contributed by atoms with Crippen molar-refractivity contribution in [1.82, 2.24) is 0 Å². The summed E-state index contributed by atoms with van der Waals surface area (Å²) in [4.78, 5) is 10.9. The molecule has 0 atom stereocenters. The van der Waals surface area contributed by atoms with Gasteiger partial charge < -0.3 is 9.47 Å². The molecule has 0 bridgehead atoms. The topological polar surface area (TPSA) is 35.5 Å². The zero-order chi connectivity index (χ0) is 13.8. The molecule has 0 spiro atoms. The van der Waals surface area contributed by atoms with Gasteiger partial charge in [0.1, 0.15) is 17.2 Å². The lowest BCUT2D eigenvalue weighted by Gasteiger charge is -2.09. The maximum Gasteiger partial charge on any atom is 0.153 e. The molecular formula is C14H10Cl2O3. The van der Waals surface area contributed by atoms with E-state index in [0.29, 0.717) is 39.1 Å². The Labute approximate surface area is 120 Å². The van der Waals surface area contributed by atoms with Gasteiger partial charge in [0.05, 0.1) is 22.7 Å². The number of ether oxygens (including phenoxy) is 2. The Morgan fingerprint density at radius 2 is 1.68 bits per heavy atom. The van der Waals surface area contributed by atoms with Crippen LogP contribution >= 0.6 is 23.2 Å². The second-order valence-corrected chi connectivity index (χ2v) is 4.51. The minimum atomic E-state index is 0.406. The Kier molecular flexibility index (Phi) is 4.30. The van der Waals surface area contributed by atoms with Gasteiger partial charge >= 0.3 is 0 Å². The van der Waals surface area contributed by atoms with Crippen molar-refractivity contribution in [3.63, 3.8) is 0 Å². The van der Waals surface area contributed by atoms with E-state index >= 15 is 0 Å². The molecule has 98 valence electrons. The van der Waals surface area contributed by atoms with Gasteiger partial charge in [0.2, 0.25) is 0 Å². The van der Waals surface area contributed by atoms with Gasteiger partial charge in [-0.05, 0) is 30.3 Å². The lowest BCUT2D eigenvalue weighted by molar-refractivity contribution is 0.112. The Hall–Kier alpha value is -1.71. The van der Waals surface area contributed by atoms with Crippen LogP contribution in [0.2, 0.25) is 10.0 Å². The van der Waals surface area contributed by atoms with Crippen molar-refractivity contribution in [1.29, 1.82) is 0 Å². The SMILES string of the molecule is COc1ccc(Oc2ccc(Cl)c(Cl)c2)cc1C=O. The van der Waals surface area contributed by atoms with E-state index in [2.05, 4.69) is 0 Å². The summed E-state index contributed by atoms with van der Waals surface area (Å²) < 4.78 is 10.6. The number of benzene rings is 2. The molecule has 0 aliphatic heterocycles. The number of rotatable bonds is 4. The standard InChI is InChI=1S/C14H10Cl2O3/c1-18-14-5-3-10(6-9(14)8-17)19-11-2-4-12(15)13(16)7-11/h2-8H,1H3. The number of aldehydes is 1. The van der Waals surface area contributed by atoms with E-state index in [1.165, 1.54) is 7.11 Å². The van der Waals surface area contributed by atoms with E-state index < -0.39 is 0 Å². The zero-order valence-corrected chi connectivity index (χ0v) is 11.5. The van der Waals surface area contributed by atoms with Crippen LogP contribution in [0.25, 0.3) is 0 Å². The molecular weight excluding hydrogens is 287 g/mol. The molecule has 0 fully saturated rings. The highest BCUT2D eigenvalue weighted by Gasteiger charge is 2.06. The van der Waals surface area contributed by atoms with E-state index in [0.717, 1.165) is 0 Å². The first-order valence-corrected chi connectivity index (χ1v) is 6.15. The lowest BCUT2D eigenvalue weighted by Crippen LogP contribution is -1.92. The third-order valence-corrected chi connectivity index (χ3v) is 3.19. The molecule has 2 rings (SSSR count). The third-order valence-electron chi connectivity index (χ3n) is 2.45. The summed E-state index contributed by atoms with van der Waals surface area (Å²) in [5.41, 5.74) is 0.417. The molecule has 0 N–H and O–H groups in total. The van der Waals surface area contributed by atoms with Crippen LogP contribution in [0.15, 0.2) is 36.4 Å². The van der Waals surface area contributed by atoms with Crippen molar-refractivity contribution >= 4 is 29.5 Å². The third kappa shape index (κ3) is 3.19. The first-order chi connectivity index (χ1) is 9.13. The molecule has 0 aliphatic rings. The first kappa shape index (κ1) is 13.7. The van der Waals surface area contributed by atoms with Crippen molar-refractivity contribution in [2.75, 3.05) is 7.11 Å². The minimum absolute atomic E-state index is 0.406. The highest BCUT2D eigenvalue weighted by molar-refractivity contribution is 6.42. The quantitative estimate of drug-likeness (QED) is 0.773. The predicted octanol–water partition coefficient (Wildman–Crippen LogP) is 4.61. The van der Waals surface area contributed by atoms with Gasteiger partial charge in [0, 0.05) is 6.07 Å². The normalized spacial score (nSPS) is 10.1. The molecule has 0 saturated carbocycles. The molecule has 0 amide bonds. The van der Waals surface area contributed by atoms with E-state index in [1.54, 1.807) is 36.4 Å². The van der Waals surface area contributed by atoms with E-state index in [-0.39, 0.29) is 0 Å². The summed E-state index contributed by atoms with van der Waals surface area (Å²) in [6, 6.07) is 9.90. The molecule has 0 radical (unpaired) electrons. The van der Waals surface area contributed by atoms with Crippen molar-refractivity contribution in [2.24, 2.45) is 0 Å². The van der Waals surface area contributed by atoms with E-state index in [1.807, 2.05) is 0 Å². The van der Waals surface area contributed by atoms with Crippen LogP contribution in [0, 0.1) is 0 Å². The average molecular weight is 297 g/mol. The molecule has 2 aromatic rings. The number of halogens is 2. The maximum atomic E-state index is 10.9. The summed E-state index contributed by atoms with van der Waals surface area (Å²) in [5.74, 6) is 1.55. The summed E-state index contributed by atoms with van der Waals surface area (Å²) in [7, 11) is 1.50. The summed E-state index contributed by atoms with van der Waals surface area (Å²) in [6.45, 7) is 0. The first-order valence-electron chi connectivity index (χ1n) is 5.40. The Balaban J connectivity index is 2.27. The fraction of sp³-hybridized carbons (Fsp3) is 0.0714. The molecule has 5 heteroatoms. The van der Waals surface area contributed by atoms with Crippen LogP contribution in [0.4, 0.5) is 0 Å². The van der Waals surface area contributed by atoms with Gasteiger partial charge in [-0.15, -0.1) is 0 Å². The molecule has 19 heavy (non-hydrogen) atoms. The number of carbonyl (C=O) groups is 1. The Morgan fingerprint density at radius 3 is 2.32 bits per heavy atom. The number of hydrogen-bond acceptors (Lipinski definition) is 3. The number of hydrogen-bond donors (Lipinski definition) is 0. The smallest absolute Gasteiger partial charge is 0.153 e. The van der Waals surface area contributed by atoms with Gasteiger partial charge in [-0.25, -0.2) is 0 Å². The van der Waals surface area contributed by atoms with Crippen LogP contribution < -0.4 is 9.47 Å². The minimum Gasteiger partial charge on any atom is -0.496 e. The van der Waals surface area contributed by atoms with Crippen LogP contribution in [-0.4, -0.2) is 13.4 Å². The molecule has 3 nitrogen and oxygen atoms in total. The van der Waals surface area contributed by atoms with Gasteiger partial charge in [-0.2, -0.15) is 0 Å². The molecule has 0 saturated heterocycles. The Morgan fingerprint density at radius 1 is 1.00 bits per heavy atom. The van der Waals surface area contributed by atoms with Crippen LogP contribution in [-0.2, 0) is 0 Å². The monoisotopic (exact) mass is 296 g/mol. The maximum absolute atomic E-state index is 10.9. The lowest BCUT2D eigenvalue weighted by atomic mass is 10.2. The summed E-state index contributed by atoms with van der Waals surface area (Å²) >= 11 is 11.7. The van der Waals surface area contributed by atoms with Crippen LogP contribution in [0.5, 0.6) is 17.2 Å². The molecule has 0 aliphatic carbocycles. The van der Waals surface area contributed by atoms with Gasteiger partial charge in [-0.1, -0.05) is 23.2 Å². The molecule has 2 aromatic carbocycles. The predicted molar refractivity (Wildman–Crippen MR) is 74.9 cm³/mol. The highest BCUT2D eigenvalue weighted by atomic mass is 35.5.